The van der Waals surface area contributed by atoms with Crippen LogP contribution in [0.5, 0.6) is 0 Å². The van der Waals surface area contributed by atoms with Crippen LogP contribution >= 0.6 is 0 Å². The summed E-state index contributed by atoms with van der Waals surface area (Å²) in [6.45, 7) is 1.73. The summed E-state index contributed by atoms with van der Waals surface area (Å²) in [5.74, 6) is 0.358. The molecule has 2 aromatic rings. The quantitative estimate of drug-likeness (QED) is 0.905. The Morgan fingerprint density at radius 3 is 2.24 bits per heavy atom. The van der Waals surface area contributed by atoms with Crippen molar-refractivity contribution in [2.75, 3.05) is 10.5 Å². The monoisotopic (exact) mass is 320 g/mol. The molecule has 3 N–H and O–H groups in total. The number of nitrogens with two attached hydrogens (primary N) is 1. The van der Waals surface area contributed by atoms with Crippen LogP contribution in [0, 0.1) is 6.92 Å². The smallest absolute Gasteiger partial charge is 0.384 e. The molecule has 0 aliphatic heterocycles. The van der Waals surface area contributed by atoms with Crippen LogP contribution in [-0.4, -0.2) is 23.7 Å². The fraction of sp³-hybridized carbons (Fsp3) is 0.182. The molecule has 0 bridgehead atoms. The molecule has 0 saturated heterocycles. The number of nitrogens with one attached hydrogen (secondary N) is 1. The molecule has 0 radical (unpaired) electrons. The summed E-state index contributed by atoms with van der Waals surface area (Å²) in [6, 6.07) is 6.80. The van der Waals surface area contributed by atoms with Gasteiger partial charge in [0.15, 0.2) is 0 Å². The minimum atomic E-state index is -5.43. The predicted octanol–water partition coefficient (Wildman–Crippen LogP) is 2.02. The van der Waals surface area contributed by atoms with Crippen LogP contribution in [0.15, 0.2) is 30.3 Å². The van der Waals surface area contributed by atoms with E-state index in [2.05, 4.69) is 5.10 Å². The maximum Gasteiger partial charge on any atom is 0.516 e. The first-order valence-corrected chi connectivity index (χ1v) is 7.10. The van der Waals surface area contributed by atoms with Crippen molar-refractivity contribution in [1.29, 1.82) is 0 Å². The highest BCUT2D eigenvalue weighted by atomic mass is 32.2. The average molecular weight is 320 g/mol. The normalized spacial score (nSPS) is 12.4. The Kier molecular flexibility index (Phi) is 3.58. The summed E-state index contributed by atoms with van der Waals surface area (Å²) in [5, 5.41) is 4.10. The van der Waals surface area contributed by atoms with E-state index in [9.17, 15) is 21.6 Å². The van der Waals surface area contributed by atoms with Crippen molar-refractivity contribution < 1.29 is 21.6 Å². The second-order valence-electron chi connectivity index (χ2n) is 4.22. The minimum Gasteiger partial charge on any atom is -0.384 e. The molecule has 0 atom stereocenters. The zero-order valence-corrected chi connectivity index (χ0v) is 11.5. The van der Waals surface area contributed by atoms with E-state index in [4.69, 9.17) is 5.73 Å². The third-order valence-corrected chi connectivity index (χ3v) is 3.64. The molecule has 10 heteroatoms. The van der Waals surface area contributed by atoms with E-state index in [-0.39, 0.29) is 5.69 Å². The van der Waals surface area contributed by atoms with E-state index in [1.807, 2.05) is 0 Å². The van der Waals surface area contributed by atoms with Gasteiger partial charge in [0.25, 0.3) is 0 Å². The topological polar surface area (TPSA) is 90.0 Å². The summed E-state index contributed by atoms with van der Waals surface area (Å²) < 4.78 is 61.5. The number of sulfonamides is 1. The maximum absolute atomic E-state index is 12.2. The second-order valence-corrected chi connectivity index (χ2v) is 5.89. The molecule has 2 rings (SSSR count). The first-order valence-electron chi connectivity index (χ1n) is 5.62. The van der Waals surface area contributed by atoms with E-state index >= 15 is 0 Å². The molecule has 0 fully saturated rings. The Morgan fingerprint density at radius 1 is 1.24 bits per heavy atom. The third kappa shape index (κ3) is 3.10. The summed E-state index contributed by atoms with van der Waals surface area (Å²) >= 11 is 0. The van der Waals surface area contributed by atoms with Crippen molar-refractivity contribution in [2.24, 2.45) is 0 Å². The number of rotatable bonds is 3. The van der Waals surface area contributed by atoms with E-state index < -0.39 is 15.5 Å². The zero-order valence-electron chi connectivity index (χ0n) is 10.7. The molecule has 6 nitrogen and oxygen atoms in total. The SMILES string of the molecule is Cc1cc(N)n(-c2ccc(NS(=O)(=O)C(F)(F)F)cc2)n1. The largest absolute Gasteiger partial charge is 0.516 e. The average Bonchev–Trinajstić information content (AvgIpc) is 2.67. The highest BCUT2D eigenvalue weighted by molar-refractivity contribution is 7.93. The standard InChI is InChI=1S/C11H11F3N4O2S/c1-7-6-10(15)18(16-7)9-4-2-8(3-5-9)17-21(19,20)11(12,13)14/h2-6,17H,15H2,1H3. The molecule has 0 amide bonds. The molecule has 21 heavy (non-hydrogen) atoms. The molecule has 0 saturated carbocycles. The molecule has 1 aromatic heterocycles. The van der Waals surface area contributed by atoms with Crippen molar-refractivity contribution in [1.82, 2.24) is 9.78 Å². The van der Waals surface area contributed by atoms with E-state index in [1.165, 1.54) is 33.7 Å². The van der Waals surface area contributed by atoms with Crippen molar-refractivity contribution in [2.45, 2.75) is 12.4 Å². The summed E-state index contributed by atoms with van der Waals surface area (Å²) in [4.78, 5) is 0. The maximum atomic E-state index is 12.2. The first-order chi connectivity index (χ1) is 9.60. The highest BCUT2D eigenvalue weighted by Gasteiger charge is 2.45. The predicted molar refractivity (Wildman–Crippen MR) is 71.3 cm³/mol. The van der Waals surface area contributed by atoms with E-state index in [0.717, 1.165) is 0 Å². The van der Waals surface area contributed by atoms with Gasteiger partial charge in [0.1, 0.15) is 5.82 Å². The molecule has 0 unspecified atom stereocenters. The van der Waals surface area contributed by atoms with Gasteiger partial charge >= 0.3 is 15.5 Å². The van der Waals surface area contributed by atoms with Gasteiger partial charge in [-0.15, -0.1) is 0 Å². The molecule has 1 aromatic carbocycles. The Hall–Kier alpha value is -2.23. The summed E-state index contributed by atoms with van der Waals surface area (Å²) in [6.07, 6.45) is 0. The van der Waals surface area contributed by atoms with Crippen molar-refractivity contribution in [3.8, 4) is 5.69 Å². The van der Waals surface area contributed by atoms with Gasteiger partial charge in [0.05, 0.1) is 11.4 Å². The minimum absolute atomic E-state index is 0.210. The number of halogens is 3. The van der Waals surface area contributed by atoms with E-state index in [0.29, 0.717) is 17.2 Å². The van der Waals surface area contributed by atoms with Gasteiger partial charge in [-0.1, -0.05) is 0 Å². The van der Waals surface area contributed by atoms with Crippen LogP contribution in [0.2, 0.25) is 0 Å². The lowest BCUT2D eigenvalue weighted by atomic mass is 10.3. The van der Waals surface area contributed by atoms with Crippen LogP contribution in [0.25, 0.3) is 5.69 Å². The van der Waals surface area contributed by atoms with Crippen LogP contribution < -0.4 is 10.5 Å². The van der Waals surface area contributed by atoms with Crippen LogP contribution in [0.3, 0.4) is 0 Å². The van der Waals surface area contributed by atoms with Crippen LogP contribution in [0.1, 0.15) is 5.69 Å². The number of nitrogen functional groups attached to an aromatic ring is 1. The number of benzene rings is 1. The van der Waals surface area contributed by atoms with Gasteiger partial charge in [0, 0.05) is 11.8 Å². The lowest BCUT2D eigenvalue weighted by Crippen LogP contribution is -2.29. The number of alkyl halides is 3. The molecule has 1 heterocycles. The highest BCUT2D eigenvalue weighted by Crippen LogP contribution is 2.26. The number of hydrogen-bond acceptors (Lipinski definition) is 4. The summed E-state index contributed by atoms with van der Waals surface area (Å²) in [7, 11) is -5.43. The summed E-state index contributed by atoms with van der Waals surface area (Å²) in [5.41, 5.74) is 1.31. The first kappa shape index (κ1) is 15.2. The number of nitrogens with zero attached hydrogens (tertiary/aromatic N) is 2. The third-order valence-electron chi connectivity index (χ3n) is 2.53. The second kappa shape index (κ2) is 4.95. The number of aryl methyl sites for hydroxylation is 1. The van der Waals surface area contributed by atoms with Gasteiger partial charge in [-0.25, -0.2) is 4.68 Å². The Morgan fingerprint density at radius 2 is 1.81 bits per heavy atom. The Labute approximate surface area is 118 Å². The van der Waals surface area contributed by atoms with Crippen LogP contribution in [-0.2, 0) is 10.0 Å². The number of aromatic nitrogens is 2. The zero-order chi connectivity index (χ0) is 15.8. The molecular weight excluding hydrogens is 309 g/mol. The lowest BCUT2D eigenvalue weighted by Gasteiger charge is -2.11. The Balaban J connectivity index is 2.26. The molecule has 0 spiro atoms. The van der Waals surface area contributed by atoms with Gasteiger partial charge < -0.3 is 5.73 Å². The molecule has 114 valence electrons. The lowest BCUT2D eigenvalue weighted by molar-refractivity contribution is -0.0429. The van der Waals surface area contributed by atoms with Gasteiger partial charge in [0.2, 0.25) is 0 Å². The molecular formula is C11H11F3N4O2S. The van der Waals surface area contributed by atoms with Crippen molar-refractivity contribution in [3.05, 3.63) is 36.0 Å². The number of anilines is 2. The van der Waals surface area contributed by atoms with Gasteiger partial charge in [-0.3, -0.25) is 4.72 Å². The van der Waals surface area contributed by atoms with Gasteiger partial charge in [-0.05, 0) is 31.2 Å². The molecule has 0 aliphatic rings. The fourth-order valence-corrected chi connectivity index (χ4v) is 2.17. The number of hydrogen-bond donors (Lipinski definition) is 2. The van der Waals surface area contributed by atoms with E-state index in [1.54, 1.807) is 13.0 Å². The van der Waals surface area contributed by atoms with Gasteiger partial charge in [-0.2, -0.15) is 26.7 Å². The van der Waals surface area contributed by atoms with Crippen molar-refractivity contribution >= 4 is 21.5 Å². The Bertz CT molecular complexity index is 751. The van der Waals surface area contributed by atoms with Crippen molar-refractivity contribution in [3.63, 3.8) is 0 Å². The van der Waals surface area contributed by atoms with Crippen LogP contribution in [0.4, 0.5) is 24.7 Å². The fourth-order valence-electron chi connectivity index (χ4n) is 1.61. The molecule has 0 aliphatic carbocycles.